The molecular weight excluding hydrogens is 435 g/mol. The van der Waals surface area contributed by atoms with Gasteiger partial charge in [-0.15, -0.1) is 5.10 Å². The monoisotopic (exact) mass is 452 g/mol. The predicted molar refractivity (Wildman–Crippen MR) is 122 cm³/mol. The van der Waals surface area contributed by atoms with Crippen LogP contribution in [0.1, 0.15) is 21.5 Å². The van der Waals surface area contributed by atoms with Crippen LogP contribution in [0.4, 0.5) is 11.9 Å². The smallest absolute Gasteiger partial charge is 0.281 e. The van der Waals surface area contributed by atoms with Crippen LogP contribution in [0.15, 0.2) is 73.1 Å². The second-order valence-corrected chi connectivity index (χ2v) is 7.55. The Morgan fingerprint density at radius 1 is 0.871 bits per heavy atom. The van der Waals surface area contributed by atoms with Gasteiger partial charge in [-0.05, 0) is 47.5 Å². The number of anilines is 2. The number of hydrogen-bond acceptors (Lipinski definition) is 6. The third kappa shape index (κ3) is 5.39. The Balaban J connectivity index is 1.57. The van der Waals surface area contributed by atoms with Gasteiger partial charge in [0.15, 0.2) is 0 Å². The van der Waals surface area contributed by atoms with E-state index in [1.807, 2.05) is 42.5 Å². The van der Waals surface area contributed by atoms with E-state index in [0.717, 1.165) is 11.1 Å². The molecule has 2 aromatic carbocycles. The molecule has 0 aliphatic heterocycles. The van der Waals surface area contributed by atoms with Crippen LogP contribution in [0.25, 0.3) is 0 Å². The van der Waals surface area contributed by atoms with Crippen LogP contribution in [0.5, 0.6) is 0 Å². The van der Waals surface area contributed by atoms with E-state index in [0.29, 0.717) is 40.6 Å². The van der Waals surface area contributed by atoms with E-state index in [-0.39, 0.29) is 5.91 Å². The standard InChI is InChI=1S/C22H18Cl2N6O/c23-18-5-1-3-15(11-18)13-26-21-28-22(27-14-16-4-2-6-19(24)12-16)30(29-21)20(31)17-7-9-25-10-8-17/h1-12H,13-14H2,(H2,26,27,28,29). The number of hydrogen-bond donors (Lipinski definition) is 2. The highest BCUT2D eigenvalue weighted by Gasteiger charge is 2.18. The molecule has 2 N–H and O–H groups in total. The molecule has 0 bridgehead atoms. The van der Waals surface area contributed by atoms with Crippen molar-refractivity contribution in [3.05, 3.63) is 99.8 Å². The van der Waals surface area contributed by atoms with Gasteiger partial charge >= 0.3 is 0 Å². The Morgan fingerprint density at radius 3 is 2.10 bits per heavy atom. The summed E-state index contributed by atoms with van der Waals surface area (Å²) in [6.45, 7) is 0.887. The minimum Gasteiger partial charge on any atom is -0.350 e. The molecule has 4 aromatic rings. The average molecular weight is 453 g/mol. The van der Waals surface area contributed by atoms with Gasteiger partial charge in [0.25, 0.3) is 5.91 Å². The summed E-state index contributed by atoms with van der Waals surface area (Å²) in [5, 5.41) is 11.9. The lowest BCUT2D eigenvalue weighted by Gasteiger charge is -2.07. The second kappa shape index (κ2) is 9.59. The summed E-state index contributed by atoms with van der Waals surface area (Å²) in [6.07, 6.45) is 3.11. The van der Waals surface area contributed by atoms with Crippen LogP contribution >= 0.6 is 23.2 Å². The molecule has 0 saturated heterocycles. The van der Waals surface area contributed by atoms with Crippen molar-refractivity contribution in [3.8, 4) is 0 Å². The van der Waals surface area contributed by atoms with E-state index in [2.05, 4.69) is 25.7 Å². The van der Waals surface area contributed by atoms with Crippen molar-refractivity contribution in [2.24, 2.45) is 0 Å². The van der Waals surface area contributed by atoms with Crippen molar-refractivity contribution < 1.29 is 4.79 Å². The lowest BCUT2D eigenvalue weighted by atomic mass is 10.2. The predicted octanol–water partition coefficient (Wildman–Crippen LogP) is 4.89. The number of pyridine rings is 1. The number of carbonyl (C=O) groups is 1. The zero-order chi connectivity index (χ0) is 21.6. The highest BCUT2D eigenvalue weighted by molar-refractivity contribution is 6.30. The zero-order valence-electron chi connectivity index (χ0n) is 16.3. The molecule has 2 heterocycles. The first kappa shape index (κ1) is 20.8. The summed E-state index contributed by atoms with van der Waals surface area (Å²) in [5.41, 5.74) is 2.37. The molecule has 0 spiro atoms. The van der Waals surface area contributed by atoms with Gasteiger partial charge in [0.05, 0.1) is 0 Å². The van der Waals surface area contributed by atoms with Gasteiger partial charge in [-0.2, -0.15) is 9.67 Å². The maximum absolute atomic E-state index is 13.0. The summed E-state index contributed by atoms with van der Waals surface area (Å²) in [7, 11) is 0. The highest BCUT2D eigenvalue weighted by Crippen LogP contribution is 2.17. The number of benzene rings is 2. The Labute approximate surface area is 189 Å². The molecule has 0 atom stereocenters. The Morgan fingerprint density at radius 2 is 1.48 bits per heavy atom. The van der Waals surface area contributed by atoms with Crippen molar-refractivity contribution in [3.63, 3.8) is 0 Å². The Hall–Kier alpha value is -3.42. The maximum atomic E-state index is 13.0. The zero-order valence-corrected chi connectivity index (χ0v) is 17.8. The van der Waals surface area contributed by atoms with E-state index in [1.165, 1.54) is 4.68 Å². The Kier molecular flexibility index (Phi) is 6.45. The van der Waals surface area contributed by atoms with Crippen LogP contribution in [-0.4, -0.2) is 25.7 Å². The fourth-order valence-electron chi connectivity index (χ4n) is 2.92. The molecule has 0 amide bonds. The lowest BCUT2D eigenvalue weighted by molar-refractivity contribution is 0.0947. The summed E-state index contributed by atoms with van der Waals surface area (Å²) in [5.74, 6) is 0.311. The molecule has 0 aliphatic carbocycles. The first-order valence-corrected chi connectivity index (χ1v) is 10.2. The third-order valence-corrected chi connectivity index (χ3v) is 4.88. The van der Waals surface area contributed by atoms with Crippen molar-refractivity contribution in [1.29, 1.82) is 0 Å². The molecule has 0 radical (unpaired) electrons. The van der Waals surface area contributed by atoms with Crippen molar-refractivity contribution in [1.82, 2.24) is 19.7 Å². The van der Waals surface area contributed by atoms with Gasteiger partial charge in [0.1, 0.15) is 0 Å². The first-order chi connectivity index (χ1) is 15.1. The maximum Gasteiger partial charge on any atom is 0.281 e. The van der Waals surface area contributed by atoms with Gasteiger partial charge < -0.3 is 10.6 Å². The number of nitrogens with zero attached hydrogens (tertiary/aromatic N) is 4. The van der Waals surface area contributed by atoms with Gasteiger partial charge in [-0.1, -0.05) is 47.5 Å². The molecular formula is C22H18Cl2N6O. The van der Waals surface area contributed by atoms with Crippen LogP contribution in [0, 0.1) is 0 Å². The van der Waals surface area contributed by atoms with Crippen molar-refractivity contribution in [2.75, 3.05) is 10.6 Å². The molecule has 7 nitrogen and oxygen atoms in total. The summed E-state index contributed by atoms with van der Waals surface area (Å²) in [6, 6.07) is 18.2. The average Bonchev–Trinajstić information content (AvgIpc) is 3.20. The molecule has 9 heteroatoms. The normalized spacial score (nSPS) is 10.6. The fraction of sp³-hybridized carbons (Fsp3) is 0.0909. The van der Waals surface area contributed by atoms with Gasteiger partial charge in [0.2, 0.25) is 11.9 Å². The molecule has 4 rings (SSSR count). The summed E-state index contributed by atoms with van der Waals surface area (Å²) in [4.78, 5) is 21.4. The SMILES string of the molecule is O=C(c1ccncc1)n1nc(NCc2cccc(Cl)c2)nc1NCc1cccc(Cl)c1. The lowest BCUT2D eigenvalue weighted by Crippen LogP contribution is -2.17. The van der Waals surface area contributed by atoms with Crippen LogP contribution < -0.4 is 10.6 Å². The Bertz CT molecular complexity index is 1200. The van der Waals surface area contributed by atoms with Gasteiger partial charge in [0, 0.05) is 41.1 Å². The van der Waals surface area contributed by atoms with Crippen molar-refractivity contribution in [2.45, 2.75) is 13.1 Å². The van der Waals surface area contributed by atoms with Crippen molar-refractivity contribution >= 4 is 41.0 Å². The quantitative estimate of drug-likeness (QED) is 0.415. The first-order valence-electron chi connectivity index (χ1n) is 9.47. The molecule has 0 unspecified atom stereocenters. The van der Waals surface area contributed by atoms with E-state index < -0.39 is 0 Å². The van der Waals surface area contributed by atoms with E-state index >= 15 is 0 Å². The van der Waals surface area contributed by atoms with E-state index in [4.69, 9.17) is 23.2 Å². The molecule has 0 saturated carbocycles. The van der Waals surface area contributed by atoms with Crippen LogP contribution in [-0.2, 0) is 13.1 Å². The number of aromatic nitrogens is 4. The number of nitrogens with one attached hydrogen (secondary N) is 2. The van der Waals surface area contributed by atoms with Crippen LogP contribution in [0.3, 0.4) is 0 Å². The van der Waals surface area contributed by atoms with Gasteiger partial charge in [-0.3, -0.25) is 9.78 Å². The van der Waals surface area contributed by atoms with E-state index in [1.54, 1.807) is 30.6 Å². The molecule has 156 valence electrons. The fourth-order valence-corrected chi connectivity index (χ4v) is 3.34. The number of carbonyl (C=O) groups excluding carboxylic acids is 1. The minimum atomic E-state index is -0.320. The number of halogens is 2. The second-order valence-electron chi connectivity index (χ2n) is 6.68. The largest absolute Gasteiger partial charge is 0.350 e. The topological polar surface area (TPSA) is 84.7 Å². The summed E-state index contributed by atoms with van der Waals surface area (Å²) < 4.78 is 1.24. The minimum absolute atomic E-state index is 0.315. The molecule has 0 aliphatic rings. The molecule has 2 aromatic heterocycles. The number of rotatable bonds is 7. The third-order valence-electron chi connectivity index (χ3n) is 4.41. The highest BCUT2D eigenvalue weighted by atomic mass is 35.5. The van der Waals surface area contributed by atoms with Gasteiger partial charge in [-0.25, -0.2) is 0 Å². The molecule has 0 fully saturated rings. The van der Waals surface area contributed by atoms with Crippen LogP contribution in [0.2, 0.25) is 10.0 Å². The summed E-state index contributed by atoms with van der Waals surface area (Å²) >= 11 is 12.1. The molecule has 31 heavy (non-hydrogen) atoms. The van der Waals surface area contributed by atoms with E-state index in [9.17, 15) is 4.79 Å².